The van der Waals surface area contributed by atoms with Crippen LogP contribution in [0, 0.1) is 0 Å². The highest BCUT2D eigenvalue weighted by molar-refractivity contribution is 6.31. The maximum absolute atomic E-state index is 11.8. The van der Waals surface area contributed by atoms with Crippen LogP contribution in [0.3, 0.4) is 0 Å². The van der Waals surface area contributed by atoms with Gasteiger partial charge >= 0.3 is 0 Å². The van der Waals surface area contributed by atoms with Gasteiger partial charge < -0.3 is 4.90 Å². The normalized spacial score (nSPS) is 10.8. The van der Waals surface area contributed by atoms with Crippen LogP contribution in [0.4, 0.5) is 0 Å². The van der Waals surface area contributed by atoms with Crippen LogP contribution in [-0.4, -0.2) is 30.3 Å². The molecule has 1 aromatic carbocycles. The van der Waals surface area contributed by atoms with Crippen molar-refractivity contribution in [1.82, 2.24) is 4.90 Å². The molecule has 0 aliphatic heterocycles. The van der Waals surface area contributed by atoms with Gasteiger partial charge in [0.2, 0.25) is 0 Å². The fourth-order valence-corrected chi connectivity index (χ4v) is 1.97. The van der Waals surface area contributed by atoms with Crippen molar-refractivity contribution in [3.05, 3.63) is 34.9 Å². The fourth-order valence-electron chi connectivity index (χ4n) is 1.77. The van der Waals surface area contributed by atoms with Crippen molar-refractivity contribution in [2.75, 3.05) is 19.6 Å². The van der Waals surface area contributed by atoms with Crippen LogP contribution in [0.5, 0.6) is 0 Å². The van der Waals surface area contributed by atoms with E-state index in [-0.39, 0.29) is 5.78 Å². The molecular weight excluding hydrogens is 234 g/mol. The Bertz CT molecular complexity index is 361. The summed E-state index contributed by atoms with van der Waals surface area (Å²) >= 11 is 6.02. The molecule has 0 amide bonds. The monoisotopic (exact) mass is 253 g/mol. The topological polar surface area (TPSA) is 20.3 Å². The standard InChI is InChI=1S/C14H20ClNO/c1-3-16(4-2)10-9-13(17)11-12-7-5-6-8-14(12)15/h5-8H,3-4,9-11H2,1-2H3. The van der Waals surface area contributed by atoms with E-state index in [1.165, 1.54) is 0 Å². The molecule has 1 rings (SSSR count). The Morgan fingerprint density at radius 3 is 2.47 bits per heavy atom. The number of Topliss-reactive ketones (excluding diaryl/α,β-unsaturated/α-hetero) is 1. The quantitative estimate of drug-likeness (QED) is 0.744. The van der Waals surface area contributed by atoms with Crippen LogP contribution in [0.25, 0.3) is 0 Å². The summed E-state index contributed by atoms with van der Waals surface area (Å²) in [6.45, 7) is 7.06. The molecule has 0 bridgehead atoms. The molecule has 0 fully saturated rings. The summed E-state index contributed by atoms with van der Waals surface area (Å²) in [6, 6.07) is 7.54. The predicted octanol–water partition coefficient (Wildman–Crippen LogP) is 3.18. The van der Waals surface area contributed by atoms with E-state index in [4.69, 9.17) is 11.6 Å². The van der Waals surface area contributed by atoms with Gasteiger partial charge in [-0.25, -0.2) is 0 Å². The van der Waals surface area contributed by atoms with Crippen LogP contribution in [-0.2, 0) is 11.2 Å². The van der Waals surface area contributed by atoms with Gasteiger partial charge in [-0.15, -0.1) is 0 Å². The second-order valence-electron chi connectivity index (χ2n) is 4.08. The summed E-state index contributed by atoms with van der Waals surface area (Å²) in [6.07, 6.45) is 1.05. The zero-order valence-corrected chi connectivity index (χ0v) is 11.3. The fraction of sp³-hybridized carbons (Fsp3) is 0.500. The van der Waals surface area contributed by atoms with Crippen molar-refractivity contribution in [3.63, 3.8) is 0 Å². The third-order valence-electron chi connectivity index (χ3n) is 2.95. The third kappa shape index (κ3) is 4.88. The zero-order valence-electron chi connectivity index (χ0n) is 10.6. The van der Waals surface area contributed by atoms with Crippen LogP contribution < -0.4 is 0 Å². The molecule has 0 N–H and O–H groups in total. The highest BCUT2D eigenvalue weighted by atomic mass is 35.5. The largest absolute Gasteiger partial charge is 0.303 e. The number of benzene rings is 1. The van der Waals surface area contributed by atoms with Gasteiger partial charge in [0.15, 0.2) is 0 Å². The molecule has 0 heterocycles. The number of halogens is 1. The Balaban J connectivity index is 2.42. The zero-order chi connectivity index (χ0) is 12.7. The van der Waals surface area contributed by atoms with E-state index in [1.54, 1.807) is 0 Å². The Labute approximate surface area is 109 Å². The molecule has 0 spiro atoms. The maximum Gasteiger partial charge on any atom is 0.138 e. The second kappa shape index (κ2) is 7.46. The molecule has 2 nitrogen and oxygen atoms in total. The Kier molecular flexibility index (Phi) is 6.23. The number of nitrogens with zero attached hydrogens (tertiary/aromatic N) is 1. The third-order valence-corrected chi connectivity index (χ3v) is 3.32. The highest BCUT2D eigenvalue weighted by Gasteiger charge is 2.08. The molecule has 3 heteroatoms. The van der Waals surface area contributed by atoms with Gasteiger partial charge in [-0.2, -0.15) is 0 Å². The molecule has 0 aromatic heterocycles. The van der Waals surface area contributed by atoms with Gasteiger partial charge in [-0.05, 0) is 24.7 Å². The molecule has 0 aliphatic rings. The average Bonchev–Trinajstić information content (AvgIpc) is 2.33. The van der Waals surface area contributed by atoms with Crippen molar-refractivity contribution in [2.45, 2.75) is 26.7 Å². The van der Waals surface area contributed by atoms with Crippen molar-refractivity contribution < 1.29 is 4.79 Å². The molecular formula is C14H20ClNO. The minimum absolute atomic E-state index is 0.255. The number of ketones is 1. The van der Waals surface area contributed by atoms with Crippen molar-refractivity contribution >= 4 is 17.4 Å². The first-order valence-corrected chi connectivity index (χ1v) is 6.52. The predicted molar refractivity (Wildman–Crippen MR) is 72.6 cm³/mol. The average molecular weight is 254 g/mol. The molecule has 1 aromatic rings. The molecule has 17 heavy (non-hydrogen) atoms. The number of carbonyl (C=O) groups excluding carboxylic acids is 1. The number of carbonyl (C=O) groups is 1. The summed E-state index contributed by atoms with van der Waals surface area (Å²) in [5, 5.41) is 0.684. The van der Waals surface area contributed by atoms with E-state index >= 15 is 0 Å². The molecule has 94 valence electrons. The number of hydrogen-bond donors (Lipinski definition) is 0. The summed E-state index contributed by atoms with van der Waals surface area (Å²) in [5.41, 5.74) is 0.929. The van der Waals surface area contributed by atoms with Gasteiger partial charge in [0.25, 0.3) is 0 Å². The number of hydrogen-bond acceptors (Lipinski definition) is 2. The summed E-state index contributed by atoms with van der Waals surface area (Å²) in [7, 11) is 0. The Hall–Kier alpha value is -0.860. The first-order chi connectivity index (χ1) is 8.17. The lowest BCUT2D eigenvalue weighted by Crippen LogP contribution is -2.26. The van der Waals surface area contributed by atoms with Crippen LogP contribution in [0.15, 0.2) is 24.3 Å². The van der Waals surface area contributed by atoms with Crippen LogP contribution >= 0.6 is 11.6 Å². The van der Waals surface area contributed by atoms with Crippen LogP contribution in [0.2, 0.25) is 5.02 Å². The van der Waals surface area contributed by atoms with Gasteiger partial charge in [-0.1, -0.05) is 43.6 Å². The lowest BCUT2D eigenvalue weighted by atomic mass is 10.1. The lowest BCUT2D eigenvalue weighted by molar-refractivity contribution is -0.118. The SMILES string of the molecule is CCN(CC)CCC(=O)Cc1ccccc1Cl. The minimum Gasteiger partial charge on any atom is -0.303 e. The van der Waals surface area contributed by atoms with Gasteiger partial charge in [0.1, 0.15) is 5.78 Å². The van der Waals surface area contributed by atoms with Crippen molar-refractivity contribution in [2.24, 2.45) is 0 Å². The van der Waals surface area contributed by atoms with Gasteiger partial charge in [0.05, 0.1) is 0 Å². The first-order valence-electron chi connectivity index (χ1n) is 6.14. The summed E-state index contributed by atoms with van der Waals surface area (Å²) in [5.74, 6) is 0.255. The van der Waals surface area contributed by atoms with E-state index < -0.39 is 0 Å². The van der Waals surface area contributed by atoms with Crippen molar-refractivity contribution in [1.29, 1.82) is 0 Å². The van der Waals surface area contributed by atoms with E-state index in [1.807, 2.05) is 24.3 Å². The molecule has 0 aliphatic carbocycles. The van der Waals surface area contributed by atoms with Gasteiger partial charge in [0, 0.05) is 24.4 Å². The maximum atomic E-state index is 11.8. The highest BCUT2D eigenvalue weighted by Crippen LogP contribution is 2.16. The Morgan fingerprint density at radius 2 is 1.88 bits per heavy atom. The van der Waals surface area contributed by atoms with E-state index in [0.29, 0.717) is 17.9 Å². The van der Waals surface area contributed by atoms with Crippen LogP contribution in [0.1, 0.15) is 25.8 Å². The smallest absolute Gasteiger partial charge is 0.138 e. The molecule has 0 saturated heterocycles. The Morgan fingerprint density at radius 1 is 1.24 bits per heavy atom. The lowest BCUT2D eigenvalue weighted by Gasteiger charge is -2.17. The number of rotatable bonds is 7. The minimum atomic E-state index is 0.255. The molecule has 0 saturated carbocycles. The molecule has 0 unspecified atom stereocenters. The van der Waals surface area contributed by atoms with E-state index in [2.05, 4.69) is 18.7 Å². The summed E-state index contributed by atoms with van der Waals surface area (Å²) in [4.78, 5) is 14.1. The first kappa shape index (κ1) is 14.2. The summed E-state index contributed by atoms with van der Waals surface area (Å²) < 4.78 is 0. The second-order valence-corrected chi connectivity index (χ2v) is 4.49. The molecule has 0 atom stereocenters. The van der Waals surface area contributed by atoms with Crippen molar-refractivity contribution in [3.8, 4) is 0 Å². The van der Waals surface area contributed by atoms with E-state index in [9.17, 15) is 4.79 Å². The molecule has 0 radical (unpaired) electrons. The van der Waals surface area contributed by atoms with E-state index in [0.717, 1.165) is 25.2 Å². The van der Waals surface area contributed by atoms with Gasteiger partial charge in [-0.3, -0.25) is 4.79 Å².